The lowest BCUT2D eigenvalue weighted by Gasteiger charge is -2.00. The highest BCUT2D eigenvalue weighted by Gasteiger charge is 1.95. The van der Waals surface area contributed by atoms with E-state index in [-0.39, 0.29) is 0 Å². The third-order valence-electron chi connectivity index (χ3n) is 2.04. The number of pyridine rings is 1. The van der Waals surface area contributed by atoms with E-state index in [0.29, 0.717) is 5.88 Å². The van der Waals surface area contributed by atoms with Gasteiger partial charge in [-0.2, -0.15) is 0 Å². The summed E-state index contributed by atoms with van der Waals surface area (Å²) in [6.45, 7) is 3.92. The molecule has 4 nitrogen and oxygen atoms in total. The zero-order chi connectivity index (χ0) is 12.0. The van der Waals surface area contributed by atoms with Crippen LogP contribution in [-0.4, -0.2) is 17.8 Å². The standard InChI is InChI=1S/C12H17N3O/c1-4-10(13)7-9(2)15-11-5-6-14-12(8-11)16-3/h5-8H,4,13H2,1-3H3. The summed E-state index contributed by atoms with van der Waals surface area (Å²) < 4.78 is 5.02. The highest BCUT2D eigenvalue weighted by Crippen LogP contribution is 2.17. The van der Waals surface area contributed by atoms with Crippen molar-refractivity contribution >= 4 is 11.4 Å². The lowest BCUT2D eigenvalue weighted by molar-refractivity contribution is 0.398. The average molecular weight is 219 g/mol. The van der Waals surface area contributed by atoms with Gasteiger partial charge in [-0.15, -0.1) is 0 Å². The monoisotopic (exact) mass is 219 g/mol. The first-order chi connectivity index (χ1) is 7.65. The van der Waals surface area contributed by atoms with Crippen LogP contribution in [0.25, 0.3) is 0 Å². The fraction of sp³-hybridized carbons (Fsp3) is 0.333. The number of aliphatic imine (C=N–C) groups is 1. The number of methoxy groups -OCH3 is 1. The molecule has 1 aromatic heterocycles. The van der Waals surface area contributed by atoms with E-state index < -0.39 is 0 Å². The lowest BCUT2D eigenvalue weighted by Crippen LogP contribution is -1.98. The Morgan fingerprint density at radius 2 is 2.38 bits per heavy atom. The number of nitrogens with two attached hydrogens (primary N) is 1. The van der Waals surface area contributed by atoms with Gasteiger partial charge in [0.25, 0.3) is 0 Å². The molecular weight excluding hydrogens is 202 g/mol. The zero-order valence-electron chi connectivity index (χ0n) is 9.90. The molecule has 0 saturated heterocycles. The molecule has 16 heavy (non-hydrogen) atoms. The van der Waals surface area contributed by atoms with Crippen molar-refractivity contribution < 1.29 is 4.74 Å². The third-order valence-corrected chi connectivity index (χ3v) is 2.04. The molecule has 1 aromatic rings. The van der Waals surface area contributed by atoms with Gasteiger partial charge in [-0.05, 0) is 25.5 Å². The minimum Gasteiger partial charge on any atom is -0.481 e. The van der Waals surface area contributed by atoms with Crippen molar-refractivity contribution in [3.63, 3.8) is 0 Å². The van der Waals surface area contributed by atoms with Crippen molar-refractivity contribution in [3.8, 4) is 5.88 Å². The molecule has 0 saturated carbocycles. The number of aromatic nitrogens is 1. The Kier molecular flexibility index (Phi) is 4.51. The molecule has 0 atom stereocenters. The molecule has 4 heteroatoms. The summed E-state index contributed by atoms with van der Waals surface area (Å²) in [5.74, 6) is 0.557. The molecule has 0 aromatic carbocycles. The molecular formula is C12H17N3O. The summed E-state index contributed by atoms with van der Waals surface area (Å²) in [5.41, 5.74) is 8.23. The summed E-state index contributed by atoms with van der Waals surface area (Å²) >= 11 is 0. The van der Waals surface area contributed by atoms with E-state index in [1.54, 1.807) is 19.4 Å². The average Bonchev–Trinajstić information content (AvgIpc) is 2.28. The Morgan fingerprint density at radius 3 is 3.00 bits per heavy atom. The zero-order valence-corrected chi connectivity index (χ0v) is 9.90. The van der Waals surface area contributed by atoms with Gasteiger partial charge in [0.15, 0.2) is 0 Å². The quantitative estimate of drug-likeness (QED) is 0.791. The van der Waals surface area contributed by atoms with Crippen LogP contribution in [-0.2, 0) is 0 Å². The van der Waals surface area contributed by atoms with Gasteiger partial charge >= 0.3 is 0 Å². The molecule has 86 valence electrons. The molecule has 0 unspecified atom stereocenters. The van der Waals surface area contributed by atoms with Crippen LogP contribution in [0.5, 0.6) is 5.88 Å². The first kappa shape index (κ1) is 12.2. The fourth-order valence-corrected chi connectivity index (χ4v) is 1.19. The molecule has 0 aliphatic heterocycles. The number of ether oxygens (including phenoxy) is 1. The van der Waals surface area contributed by atoms with Crippen LogP contribution >= 0.6 is 0 Å². The van der Waals surface area contributed by atoms with E-state index in [1.165, 1.54) is 0 Å². The molecule has 0 bridgehead atoms. The minimum atomic E-state index is 0.557. The second-order valence-electron chi connectivity index (χ2n) is 3.38. The van der Waals surface area contributed by atoms with Crippen molar-refractivity contribution in [3.05, 3.63) is 30.1 Å². The van der Waals surface area contributed by atoms with Crippen molar-refractivity contribution in [1.29, 1.82) is 0 Å². The Labute approximate surface area is 95.9 Å². The number of nitrogens with zero attached hydrogens (tertiary/aromatic N) is 2. The highest BCUT2D eigenvalue weighted by atomic mass is 16.5. The van der Waals surface area contributed by atoms with Crippen LogP contribution in [0, 0.1) is 0 Å². The Hall–Kier alpha value is -1.84. The number of allylic oxidation sites excluding steroid dienone is 2. The van der Waals surface area contributed by atoms with Crippen molar-refractivity contribution in [2.24, 2.45) is 10.7 Å². The SMILES string of the molecule is CCC(N)=CC(C)=Nc1ccnc(OC)c1. The molecule has 0 radical (unpaired) electrons. The van der Waals surface area contributed by atoms with Crippen LogP contribution in [0.15, 0.2) is 35.1 Å². The normalized spacial score (nSPS) is 12.7. The maximum atomic E-state index is 5.73. The molecule has 0 amide bonds. The van der Waals surface area contributed by atoms with Crippen LogP contribution in [0.3, 0.4) is 0 Å². The summed E-state index contributed by atoms with van der Waals surface area (Å²) in [5, 5.41) is 0. The first-order valence-corrected chi connectivity index (χ1v) is 5.17. The number of hydrogen-bond acceptors (Lipinski definition) is 4. The minimum absolute atomic E-state index is 0.557. The maximum Gasteiger partial charge on any atom is 0.215 e. The van der Waals surface area contributed by atoms with E-state index in [2.05, 4.69) is 9.98 Å². The van der Waals surface area contributed by atoms with Gasteiger partial charge < -0.3 is 10.5 Å². The number of hydrogen-bond donors (Lipinski definition) is 1. The fourth-order valence-electron chi connectivity index (χ4n) is 1.19. The van der Waals surface area contributed by atoms with Crippen molar-refractivity contribution in [2.45, 2.75) is 20.3 Å². The van der Waals surface area contributed by atoms with Crippen LogP contribution in [0.2, 0.25) is 0 Å². The highest BCUT2D eigenvalue weighted by molar-refractivity contribution is 5.95. The van der Waals surface area contributed by atoms with E-state index >= 15 is 0 Å². The molecule has 0 fully saturated rings. The summed E-state index contributed by atoms with van der Waals surface area (Å²) in [6.07, 6.45) is 4.36. The van der Waals surface area contributed by atoms with Gasteiger partial charge in [0, 0.05) is 23.7 Å². The van der Waals surface area contributed by atoms with Crippen LogP contribution in [0.1, 0.15) is 20.3 Å². The van der Waals surface area contributed by atoms with Gasteiger partial charge in [-0.3, -0.25) is 4.99 Å². The van der Waals surface area contributed by atoms with Crippen molar-refractivity contribution in [2.75, 3.05) is 7.11 Å². The van der Waals surface area contributed by atoms with Gasteiger partial charge in [-0.25, -0.2) is 4.98 Å². The van der Waals surface area contributed by atoms with Gasteiger partial charge in [0.2, 0.25) is 5.88 Å². The largest absolute Gasteiger partial charge is 0.481 e. The Morgan fingerprint density at radius 1 is 1.62 bits per heavy atom. The van der Waals surface area contributed by atoms with Crippen molar-refractivity contribution in [1.82, 2.24) is 4.98 Å². The Balaban J connectivity index is 2.89. The second kappa shape index (κ2) is 5.90. The maximum absolute atomic E-state index is 5.73. The van der Waals surface area contributed by atoms with E-state index in [0.717, 1.165) is 23.5 Å². The third kappa shape index (κ3) is 3.73. The van der Waals surface area contributed by atoms with Gasteiger partial charge in [0.05, 0.1) is 12.8 Å². The predicted molar refractivity (Wildman–Crippen MR) is 66.1 cm³/mol. The molecule has 1 heterocycles. The van der Waals surface area contributed by atoms with Crippen LogP contribution < -0.4 is 10.5 Å². The molecule has 2 N–H and O–H groups in total. The van der Waals surface area contributed by atoms with Crippen LogP contribution in [0.4, 0.5) is 5.69 Å². The lowest BCUT2D eigenvalue weighted by atomic mass is 10.2. The second-order valence-corrected chi connectivity index (χ2v) is 3.38. The molecule has 0 aliphatic rings. The van der Waals surface area contributed by atoms with E-state index in [9.17, 15) is 0 Å². The molecule has 0 spiro atoms. The van der Waals surface area contributed by atoms with Gasteiger partial charge in [-0.1, -0.05) is 6.92 Å². The first-order valence-electron chi connectivity index (χ1n) is 5.17. The van der Waals surface area contributed by atoms with Gasteiger partial charge in [0.1, 0.15) is 0 Å². The summed E-state index contributed by atoms with van der Waals surface area (Å²) in [4.78, 5) is 8.41. The topological polar surface area (TPSA) is 60.5 Å². The predicted octanol–water partition coefficient (Wildman–Crippen LogP) is 2.44. The number of rotatable bonds is 4. The smallest absolute Gasteiger partial charge is 0.215 e. The van der Waals surface area contributed by atoms with E-state index in [1.807, 2.05) is 26.0 Å². The Bertz CT molecular complexity index is 410. The molecule has 1 rings (SSSR count). The summed E-state index contributed by atoms with van der Waals surface area (Å²) in [7, 11) is 1.58. The molecule has 0 aliphatic carbocycles. The summed E-state index contributed by atoms with van der Waals surface area (Å²) in [6, 6.07) is 3.60. The van der Waals surface area contributed by atoms with E-state index in [4.69, 9.17) is 10.5 Å².